The van der Waals surface area contributed by atoms with E-state index in [2.05, 4.69) is 44.9 Å². The van der Waals surface area contributed by atoms with E-state index in [4.69, 9.17) is 0 Å². The number of hydrogen-bond donors (Lipinski definition) is 1. The maximum atomic E-state index is 12.8. The Morgan fingerprint density at radius 2 is 1.33 bits per heavy atom. The number of benzene rings is 3. The van der Waals surface area contributed by atoms with Crippen LogP contribution in [0.15, 0.2) is 60.7 Å². The lowest BCUT2D eigenvalue weighted by atomic mass is 10.0. The fourth-order valence-corrected chi connectivity index (χ4v) is 3.77. The summed E-state index contributed by atoms with van der Waals surface area (Å²) >= 11 is 3.40. The second kappa shape index (κ2) is 13.3. The van der Waals surface area contributed by atoms with Gasteiger partial charge in [0.25, 0.3) is 5.69 Å². The van der Waals surface area contributed by atoms with Gasteiger partial charge in [-0.1, -0.05) is 81.4 Å². The van der Waals surface area contributed by atoms with Crippen LogP contribution in [0.2, 0.25) is 0 Å². The number of nitro benzene ring substituents is 1. The average Bonchev–Trinajstić information content (AvgIpc) is 2.86. The van der Waals surface area contributed by atoms with Crippen LogP contribution in [0.4, 0.5) is 11.4 Å². The zero-order chi connectivity index (χ0) is 25.9. The van der Waals surface area contributed by atoms with Crippen molar-refractivity contribution in [1.82, 2.24) is 0 Å². The number of unbranched alkanes of at least 4 members (excludes halogenated alkanes) is 2. The summed E-state index contributed by atoms with van der Waals surface area (Å²) in [6.45, 7) is 3.98. The van der Waals surface area contributed by atoms with Gasteiger partial charge in [0, 0.05) is 35.0 Å². The Bertz CT molecular complexity index is 1270. The summed E-state index contributed by atoms with van der Waals surface area (Å²) in [6.07, 6.45) is 3.02. The molecule has 1 N–H and O–H groups in total. The van der Waals surface area contributed by atoms with Crippen LogP contribution in [-0.2, 0) is 4.79 Å². The number of carbonyl (C=O) groups excluding carboxylic acids is 1. The number of rotatable bonds is 7. The fraction of sp³-hybridized carbons (Fsp3) is 0.233. The zero-order valence-corrected chi connectivity index (χ0v) is 21.9. The van der Waals surface area contributed by atoms with Crippen molar-refractivity contribution in [2.24, 2.45) is 0 Å². The molecule has 182 valence electrons. The summed E-state index contributed by atoms with van der Waals surface area (Å²) in [4.78, 5) is 24.0. The smallest absolute Gasteiger partial charge is 0.272 e. The molecule has 0 saturated heterocycles. The number of nitro groups is 1. The predicted molar refractivity (Wildman–Crippen MR) is 148 cm³/mol. The van der Waals surface area contributed by atoms with Crippen LogP contribution < -0.4 is 5.32 Å². The lowest BCUT2D eigenvalue weighted by molar-refractivity contribution is -0.384. The molecule has 0 atom stereocenters. The standard InChI is InChI=1S/C30H27BrN2O3/c1-22-7-11-24(12-8-22)15-17-26-20-28(33(35)36)21-27(18-16-25-13-9-23(2)10-14-25)30(26)32-29(34)6-4-3-5-19-31/h7-14,20-21H,3-6,19H2,1-2H3,(H,32,34). The molecule has 0 aliphatic heterocycles. The van der Waals surface area contributed by atoms with Crippen LogP contribution in [-0.4, -0.2) is 16.2 Å². The Kier molecular flexibility index (Phi) is 9.86. The molecule has 3 aromatic carbocycles. The summed E-state index contributed by atoms with van der Waals surface area (Å²) < 4.78 is 0. The van der Waals surface area contributed by atoms with E-state index in [0.29, 0.717) is 23.2 Å². The first-order valence-corrected chi connectivity index (χ1v) is 12.8. The van der Waals surface area contributed by atoms with Gasteiger partial charge in [0.15, 0.2) is 0 Å². The first kappa shape index (κ1) is 26.7. The number of anilines is 1. The number of nitrogens with zero attached hydrogens (tertiary/aromatic N) is 1. The molecule has 1 amide bonds. The Balaban J connectivity index is 2.06. The number of carbonyl (C=O) groups is 1. The van der Waals surface area contributed by atoms with E-state index >= 15 is 0 Å². The first-order chi connectivity index (χ1) is 17.4. The van der Waals surface area contributed by atoms with Crippen LogP contribution in [0.3, 0.4) is 0 Å². The van der Waals surface area contributed by atoms with Gasteiger partial charge in [-0.3, -0.25) is 14.9 Å². The third kappa shape index (κ3) is 8.12. The average molecular weight is 543 g/mol. The topological polar surface area (TPSA) is 72.2 Å². The van der Waals surface area contributed by atoms with Crippen molar-refractivity contribution >= 4 is 33.2 Å². The maximum absolute atomic E-state index is 12.8. The number of nitrogens with one attached hydrogen (secondary N) is 1. The molecule has 0 saturated carbocycles. The molecule has 0 heterocycles. The SMILES string of the molecule is Cc1ccc(C#Cc2cc([N+](=O)[O-])cc(C#Cc3ccc(C)cc3)c2NC(=O)CCCCCBr)cc1. The molecule has 0 spiro atoms. The molecule has 0 bridgehead atoms. The van der Waals surface area contributed by atoms with Crippen molar-refractivity contribution in [1.29, 1.82) is 0 Å². The van der Waals surface area contributed by atoms with Crippen molar-refractivity contribution < 1.29 is 9.72 Å². The van der Waals surface area contributed by atoms with Gasteiger partial charge in [-0.05, 0) is 51.0 Å². The number of aryl methyl sites for hydroxylation is 2. The highest BCUT2D eigenvalue weighted by Gasteiger charge is 2.17. The largest absolute Gasteiger partial charge is 0.324 e. The molecule has 0 aromatic heterocycles. The van der Waals surface area contributed by atoms with E-state index in [1.165, 1.54) is 12.1 Å². The van der Waals surface area contributed by atoms with Gasteiger partial charge in [0.2, 0.25) is 5.91 Å². The third-order valence-corrected chi connectivity index (χ3v) is 5.98. The molecule has 3 aromatic rings. The lowest BCUT2D eigenvalue weighted by Crippen LogP contribution is -2.14. The second-order valence-corrected chi connectivity index (χ2v) is 9.25. The van der Waals surface area contributed by atoms with Crippen LogP contribution in [0.25, 0.3) is 0 Å². The van der Waals surface area contributed by atoms with Crippen molar-refractivity contribution in [2.75, 3.05) is 10.6 Å². The van der Waals surface area contributed by atoms with Crippen LogP contribution in [0.5, 0.6) is 0 Å². The minimum Gasteiger partial charge on any atom is -0.324 e. The number of non-ortho nitro benzene ring substituents is 1. The summed E-state index contributed by atoms with van der Waals surface area (Å²) in [6, 6.07) is 18.1. The number of halogens is 1. The molecule has 0 fully saturated rings. The quantitative estimate of drug-likeness (QED) is 0.116. The van der Waals surface area contributed by atoms with Crippen LogP contribution in [0, 0.1) is 47.6 Å². The molecule has 6 heteroatoms. The highest BCUT2D eigenvalue weighted by atomic mass is 79.9. The van der Waals surface area contributed by atoms with Crippen LogP contribution >= 0.6 is 15.9 Å². The van der Waals surface area contributed by atoms with Gasteiger partial charge in [0.1, 0.15) is 0 Å². The van der Waals surface area contributed by atoms with Gasteiger partial charge < -0.3 is 5.32 Å². The third-order valence-electron chi connectivity index (χ3n) is 5.42. The Hall–Kier alpha value is -3.87. The summed E-state index contributed by atoms with van der Waals surface area (Å²) in [7, 11) is 0. The fourth-order valence-electron chi connectivity index (χ4n) is 3.38. The molecule has 3 rings (SSSR count). The van der Waals surface area contributed by atoms with Crippen molar-refractivity contribution in [3.63, 3.8) is 0 Å². The van der Waals surface area contributed by atoms with Crippen LogP contribution in [0.1, 0.15) is 59.1 Å². The first-order valence-electron chi connectivity index (χ1n) is 11.7. The Morgan fingerprint density at radius 3 is 1.78 bits per heavy atom. The predicted octanol–water partition coefficient (Wildman–Crippen LogP) is 6.91. The van der Waals surface area contributed by atoms with Crippen molar-refractivity contribution in [3.8, 4) is 23.7 Å². The summed E-state index contributed by atoms with van der Waals surface area (Å²) in [5.41, 5.74) is 4.73. The highest BCUT2D eigenvalue weighted by molar-refractivity contribution is 9.09. The summed E-state index contributed by atoms with van der Waals surface area (Å²) in [5, 5.41) is 15.5. The second-order valence-electron chi connectivity index (χ2n) is 8.45. The monoisotopic (exact) mass is 542 g/mol. The van der Waals surface area contributed by atoms with E-state index in [-0.39, 0.29) is 11.6 Å². The molecule has 0 aliphatic rings. The number of hydrogen-bond acceptors (Lipinski definition) is 3. The minimum atomic E-state index is -0.472. The van der Waals surface area contributed by atoms with Crippen molar-refractivity contribution in [2.45, 2.75) is 39.5 Å². The Labute approximate surface area is 220 Å². The molecular weight excluding hydrogens is 516 g/mol. The van der Waals surface area contributed by atoms with Gasteiger partial charge in [-0.15, -0.1) is 0 Å². The summed E-state index contributed by atoms with van der Waals surface area (Å²) in [5.74, 6) is 12.0. The Morgan fingerprint density at radius 1 is 0.833 bits per heavy atom. The normalized spacial score (nSPS) is 9.97. The van der Waals surface area contributed by atoms with E-state index in [0.717, 1.165) is 46.8 Å². The molecule has 0 radical (unpaired) electrons. The molecule has 0 unspecified atom stereocenters. The highest BCUT2D eigenvalue weighted by Crippen LogP contribution is 2.27. The van der Waals surface area contributed by atoms with Gasteiger partial charge in [0.05, 0.1) is 21.7 Å². The maximum Gasteiger partial charge on any atom is 0.272 e. The zero-order valence-electron chi connectivity index (χ0n) is 20.4. The van der Waals surface area contributed by atoms with Gasteiger partial charge in [-0.25, -0.2) is 0 Å². The number of amides is 1. The van der Waals surface area contributed by atoms with E-state index in [1.807, 2.05) is 62.4 Å². The van der Waals surface area contributed by atoms with E-state index in [9.17, 15) is 14.9 Å². The molecular formula is C30H27BrN2O3. The molecule has 36 heavy (non-hydrogen) atoms. The van der Waals surface area contributed by atoms with Crippen molar-refractivity contribution in [3.05, 3.63) is 104 Å². The van der Waals surface area contributed by atoms with E-state index < -0.39 is 4.92 Å². The molecule has 5 nitrogen and oxygen atoms in total. The van der Waals surface area contributed by atoms with Gasteiger partial charge in [-0.2, -0.15) is 0 Å². The van der Waals surface area contributed by atoms with E-state index in [1.54, 1.807) is 0 Å². The number of alkyl halides is 1. The minimum absolute atomic E-state index is 0.133. The molecule has 0 aliphatic carbocycles. The lowest BCUT2D eigenvalue weighted by Gasteiger charge is -2.11. The van der Waals surface area contributed by atoms with Gasteiger partial charge >= 0.3 is 0 Å².